The molecule has 4 aromatic rings. The highest BCUT2D eigenvalue weighted by atomic mass is 35.5. The Morgan fingerprint density at radius 3 is 2.29 bits per heavy atom. The Kier molecular flexibility index (Phi) is 7.42. The van der Waals surface area contributed by atoms with Crippen LogP contribution in [0, 0.1) is 13.8 Å². The summed E-state index contributed by atoms with van der Waals surface area (Å²) in [7, 11) is 1.33. The zero-order chi connectivity index (χ0) is 24.9. The average molecular weight is 484 g/mol. The summed E-state index contributed by atoms with van der Waals surface area (Å²) in [6.07, 6.45) is 2.03. The summed E-state index contributed by atoms with van der Waals surface area (Å²) in [5, 5.41) is 0.342. The Balaban J connectivity index is 1.67. The number of hydrogen-bond acceptors (Lipinski definition) is 4. The molecule has 3 aromatic carbocycles. The van der Waals surface area contributed by atoms with Crippen molar-refractivity contribution in [2.75, 3.05) is 7.11 Å². The van der Waals surface area contributed by atoms with Crippen molar-refractivity contribution in [3.63, 3.8) is 0 Å². The van der Waals surface area contributed by atoms with Gasteiger partial charge in [-0.2, -0.15) is 0 Å². The summed E-state index contributed by atoms with van der Waals surface area (Å²) in [5.41, 5.74) is 7.02. The van der Waals surface area contributed by atoms with Crippen LogP contribution < -0.4 is 0 Å². The SMILES string of the molecule is COC(=O)c1ccc(-c2ccc(C(CC(=O)c3ccnc(C)c3)c3ccccc3C)cc2)cc1Cl. The number of esters is 1. The summed E-state index contributed by atoms with van der Waals surface area (Å²) < 4.78 is 4.77. The molecular formula is C30H26ClNO3. The van der Waals surface area contributed by atoms with E-state index in [-0.39, 0.29) is 11.7 Å². The molecule has 0 saturated heterocycles. The van der Waals surface area contributed by atoms with Crippen LogP contribution in [0.3, 0.4) is 0 Å². The minimum atomic E-state index is -0.466. The summed E-state index contributed by atoms with van der Waals surface area (Å²) in [5.74, 6) is -0.471. The lowest BCUT2D eigenvalue weighted by Crippen LogP contribution is -2.11. The molecule has 5 heteroatoms. The molecule has 4 nitrogen and oxygen atoms in total. The normalized spacial score (nSPS) is 11.7. The number of ether oxygens (including phenoxy) is 1. The van der Waals surface area contributed by atoms with Gasteiger partial charge in [-0.25, -0.2) is 4.79 Å². The molecule has 176 valence electrons. The molecule has 0 fully saturated rings. The van der Waals surface area contributed by atoms with Gasteiger partial charge in [0.1, 0.15) is 0 Å². The van der Waals surface area contributed by atoms with Crippen LogP contribution in [0.25, 0.3) is 11.1 Å². The predicted octanol–water partition coefficient (Wildman–Crippen LogP) is 7.21. The van der Waals surface area contributed by atoms with Crippen molar-refractivity contribution in [1.82, 2.24) is 4.98 Å². The Bertz CT molecular complexity index is 1380. The lowest BCUT2D eigenvalue weighted by Gasteiger charge is -2.20. The van der Waals surface area contributed by atoms with Crippen LogP contribution in [0.5, 0.6) is 0 Å². The maximum atomic E-state index is 13.2. The van der Waals surface area contributed by atoms with Crippen LogP contribution in [-0.2, 0) is 4.74 Å². The first-order valence-electron chi connectivity index (χ1n) is 11.4. The van der Waals surface area contributed by atoms with Crippen molar-refractivity contribution < 1.29 is 14.3 Å². The van der Waals surface area contributed by atoms with Gasteiger partial charge < -0.3 is 4.74 Å². The van der Waals surface area contributed by atoms with Crippen LogP contribution in [0.4, 0.5) is 0 Å². The first-order valence-corrected chi connectivity index (χ1v) is 11.7. The van der Waals surface area contributed by atoms with Gasteiger partial charge in [0, 0.05) is 29.8 Å². The Morgan fingerprint density at radius 2 is 1.63 bits per heavy atom. The van der Waals surface area contributed by atoms with Crippen molar-refractivity contribution in [3.05, 3.63) is 124 Å². The second kappa shape index (κ2) is 10.7. The third-order valence-electron chi connectivity index (χ3n) is 6.19. The first kappa shape index (κ1) is 24.4. The molecule has 1 unspecified atom stereocenters. The summed E-state index contributed by atoms with van der Waals surface area (Å²) in [6.45, 7) is 3.96. The van der Waals surface area contributed by atoms with E-state index in [4.69, 9.17) is 16.3 Å². The Labute approximate surface area is 210 Å². The van der Waals surface area contributed by atoms with Crippen LogP contribution in [0.15, 0.2) is 85.1 Å². The number of nitrogens with zero attached hydrogens (tertiary/aromatic N) is 1. The molecule has 0 aliphatic heterocycles. The molecule has 0 N–H and O–H groups in total. The number of aromatic nitrogens is 1. The van der Waals surface area contributed by atoms with Crippen LogP contribution in [0.1, 0.15) is 55.4 Å². The number of carbonyl (C=O) groups excluding carboxylic acids is 2. The third-order valence-corrected chi connectivity index (χ3v) is 6.51. The van der Waals surface area contributed by atoms with Gasteiger partial charge in [0.05, 0.1) is 17.7 Å². The first-order chi connectivity index (χ1) is 16.9. The smallest absolute Gasteiger partial charge is 0.339 e. The van der Waals surface area contributed by atoms with Gasteiger partial charge in [0.2, 0.25) is 0 Å². The number of methoxy groups -OCH3 is 1. The second-order valence-electron chi connectivity index (χ2n) is 8.53. The summed E-state index contributed by atoms with van der Waals surface area (Å²) in [4.78, 5) is 29.3. The van der Waals surface area contributed by atoms with Crippen molar-refractivity contribution in [3.8, 4) is 11.1 Å². The van der Waals surface area contributed by atoms with Gasteiger partial charge in [0.25, 0.3) is 0 Å². The van der Waals surface area contributed by atoms with Crippen LogP contribution in [-0.4, -0.2) is 23.8 Å². The van der Waals surface area contributed by atoms with E-state index in [1.165, 1.54) is 7.11 Å². The summed E-state index contributed by atoms with van der Waals surface area (Å²) in [6, 6.07) is 25.2. The molecule has 0 radical (unpaired) electrons. The number of aryl methyl sites for hydroxylation is 2. The molecular weight excluding hydrogens is 458 g/mol. The molecule has 4 rings (SSSR count). The number of pyridine rings is 1. The molecule has 0 bridgehead atoms. The zero-order valence-corrected chi connectivity index (χ0v) is 20.7. The lowest BCUT2D eigenvalue weighted by atomic mass is 9.83. The molecule has 0 saturated carbocycles. The average Bonchev–Trinajstić information content (AvgIpc) is 2.87. The number of halogens is 1. The zero-order valence-electron chi connectivity index (χ0n) is 19.9. The van der Waals surface area contributed by atoms with E-state index in [2.05, 4.69) is 36.2 Å². The standard InChI is InChI=1S/C30H26ClNO3/c1-19-6-4-5-7-25(19)27(18-29(33)24-14-15-32-20(2)16-24)22-10-8-21(9-11-22)23-12-13-26(28(31)17-23)30(34)35-3/h4-17,27H,18H2,1-3H3. The van der Waals surface area contributed by atoms with Crippen LogP contribution in [0.2, 0.25) is 5.02 Å². The van der Waals surface area contributed by atoms with Crippen molar-refractivity contribution >= 4 is 23.4 Å². The molecule has 35 heavy (non-hydrogen) atoms. The topological polar surface area (TPSA) is 56.3 Å². The maximum absolute atomic E-state index is 13.2. The summed E-state index contributed by atoms with van der Waals surface area (Å²) >= 11 is 6.32. The molecule has 1 aromatic heterocycles. The van der Waals surface area contributed by atoms with E-state index in [1.54, 1.807) is 24.4 Å². The van der Waals surface area contributed by atoms with Gasteiger partial charge in [0.15, 0.2) is 5.78 Å². The highest BCUT2D eigenvalue weighted by molar-refractivity contribution is 6.33. The highest BCUT2D eigenvalue weighted by Gasteiger charge is 2.21. The van der Waals surface area contributed by atoms with Gasteiger partial charge in [-0.15, -0.1) is 0 Å². The number of ketones is 1. The van der Waals surface area contributed by atoms with Crippen molar-refractivity contribution in [2.45, 2.75) is 26.2 Å². The van der Waals surface area contributed by atoms with Gasteiger partial charge >= 0.3 is 5.97 Å². The van der Waals surface area contributed by atoms with Crippen molar-refractivity contribution in [2.24, 2.45) is 0 Å². The predicted molar refractivity (Wildman–Crippen MR) is 139 cm³/mol. The van der Waals surface area contributed by atoms with Crippen LogP contribution >= 0.6 is 11.6 Å². The van der Waals surface area contributed by atoms with Gasteiger partial charge in [-0.3, -0.25) is 9.78 Å². The number of rotatable bonds is 7. The number of Topliss-reactive ketones (excluding diaryl/α,β-unsaturated/α-hetero) is 1. The number of hydrogen-bond donors (Lipinski definition) is 0. The molecule has 0 aliphatic carbocycles. The minimum Gasteiger partial charge on any atom is -0.465 e. The van der Waals surface area contributed by atoms with Crippen molar-refractivity contribution in [1.29, 1.82) is 0 Å². The van der Waals surface area contributed by atoms with Gasteiger partial charge in [-0.05, 0) is 65.9 Å². The number of benzene rings is 3. The molecule has 0 amide bonds. The van der Waals surface area contributed by atoms with Gasteiger partial charge in [-0.1, -0.05) is 66.2 Å². The van der Waals surface area contributed by atoms with E-state index < -0.39 is 5.97 Å². The lowest BCUT2D eigenvalue weighted by molar-refractivity contribution is 0.0601. The van der Waals surface area contributed by atoms with E-state index >= 15 is 0 Å². The minimum absolute atomic E-state index is 0.0815. The highest BCUT2D eigenvalue weighted by Crippen LogP contribution is 2.34. The molecule has 1 heterocycles. The fraction of sp³-hybridized carbons (Fsp3) is 0.167. The third kappa shape index (κ3) is 5.50. The second-order valence-corrected chi connectivity index (χ2v) is 8.94. The maximum Gasteiger partial charge on any atom is 0.339 e. The quantitative estimate of drug-likeness (QED) is 0.206. The molecule has 0 aliphatic rings. The van der Waals surface area contributed by atoms with E-state index in [1.807, 2.05) is 43.3 Å². The fourth-order valence-corrected chi connectivity index (χ4v) is 4.54. The van der Waals surface area contributed by atoms with E-state index in [0.29, 0.717) is 22.6 Å². The number of carbonyl (C=O) groups is 2. The van der Waals surface area contributed by atoms with E-state index in [9.17, 15) is 9.59 Å². The monoisotopic (exact) mass is 483 g/mol. The molecule has 1 atom stereocenters. The fourth-order valence-electron chi connectivity index (χ4n) is 4.29. The Morgan fingerprint density at radius 1 is 0.914 bits per heavy atom. The largest absolute Gasteiger partial charge is 0.465 e. The van der Waals surface area contributed by atoms with E-state index in [0.717, 1.165) is 33.5 Å². The molecule has 0 spiro atoms. The Hall–Kier alpha value is -3.76.